The molecule has 102 valence electrons. The van der Waals surface area contributed by atoms with E-state index < -0.39 is 6.04 Å². The van der Waals surface area contributed by atoms with Crippen molar-refractivity contribution in [3.8, 4) is 0 Å². The van der Waals surface area contributed by atoms with E-state index in [9.17, 15) is 9.59 Å². The number of benzene rings is 1. The number of hydrogen-bond donors (Lipinski definition) is 2. The second-order valence-corrected chi connectivity index (χ2v) is 4.81. The summed E-state index contributed by atoms with van der Waals surface area (Å²) in [7, 11) is 0. The Morgan fingerprint density at radius 2 is 1.89 bits per heavy atom. The minimum Gasteiger partial charge on any atom is -0.398 e. The van der Waals surface area contributed by atoms with Gasteiger partial charge in [0, 0.05) is 18.8 Å². The van der Waals surface area contributed by atoms with Gasteiger partial charge < -0.3 is 16.0 Å². The van der Waals surface area contributed by atoms with Gasteiger partial charge in [-0.3, -0.25) is 9.59 Å². The zero-order chi connectivity index (χ0) is 13.8. The zero-order valence-corrected chi connectivity index (χ0v) is 11.1. The maximum Gasteiger partial charge on any atom is 0.254 e. The minimum atomic E-state index is -0.523. The summed E-state index contributed by atoms with van der Waals surface area (Å²) in [5.74, 6) is -0.335. The largest absolute Gasteiger partial charge is 0.398 e. The van der Waals surface area contributed by atoms with Gasteiger partial charge in [-0.2, -0.15) is 0 Å². The van der Waals surface area contributed by atoms with E-state index in [0.29, 0.717) is 11.3 Å². The molecule has 1 atom stereocenters. The van der Waals surface area contributed by atoms with Gasteiger partial charge in [0.1, 0.15) is 6.04 Å². The normalized spacial score (nSPS) is 16.2. The number of nitrogens with one attached hydrogen (secondary N) is 1. The molecule has 0 radical (unpaired) electrons. The molecule has 2 rings (SSSR count). The Labute approximate surface area is 112 Å². The molecule has 1 saturated heterocycles. The predicted octanol–water partition coefficient (Wildman–Crippen LogP) is 1.01. The standard InChI is InChI=1S/C14H19N3O2/c1-10(14(19)17-8-4-5-9-17)16-13(18)11-6-2-3-7-12(11)15/h2-3,6-7,10H,4-5,8-9,15H2,1H3,(H,16,18). The van der Waals surface area contributed by atoms with Crippen LogP contribution in [0, 0.1) is 0 Å². The molecule has 0 spiro atoms. The number of carbonyl (C=O) groups is 2. The second-order valence-electron chi connectivity index (χ2n) is 4.81. The molecular formula is C14H19N3O2. The van der Waals surface area contributed by atoms with Crippen molar-refractivity contribution < 1.29 is 9.59 Å². The molecule has 2 amide bonds. The van der Waals surface area contributed by atoms with Gasteiger partial charge in [0.2, 0.25) is 5.91 Å². The molecule has 5 heteroatoms. The summed E-state index contributed by atoms with van der Waals surface area (Å²) in [6, 6.07) is 6.31. The Morgan fingerprint density at radius 1 is 1.26 bits per heavy atom. The lowest BCUT2D eigenvalue weighted by molar-refractivity contribution is -0.131. The molecule has 1 fully saturated rings. The molecule has 1 heterocycles. The highest BCUT2D eigenvalue weighted by Gasteiger charge is 2.24. The highest BCUT2D eigenvalue weighted by molar-refractivity contribution is 6.01. The van der Waals surface area contributed by atoms with Gasteiger partial charge >= 0.3 is 0 Å². The molecule has 1 aromatic rings. The van der Waals surface area contributed by atoms with Gasteiger partial charge in [0.25, 0.3) is 5.91 Å². The maximum atomic E-state index is 12.1. The van der Waals surface area contributed by atoms with Crippen LogP contribution in [0.2, 0.25) is 0 Å². The summed E-state index contributed by atoms with van der Waals surface area (Å²) in [6.45, 7) is 3.27. The number of likely N-dealkylation sites (tertiary alicyclic amines) is 1. The Hall–Kier alpha value is -2.04. The summed E-state index contributed by atoms with van der Waals surface area (Å²) >= 11 is 0. The average molecular weight is 261 g/mol. The van der Waals surface area contributed by atoms with Crippen LogP contribution in [0.25, 0.3) is 0 Å². The maximum absolute atomic E-state index is 12.1. The van der Waals surface area contributed by atoms with Crippen LogP contribution >= 0.6 is 0 Å². The number of rotatable bonds is 3. The van der Waals surface area contributed by atoms with Crippen molar-refractivity contribution in [2.75, 3.05) is 18.8 Å². The smallest absolute Gasteiger partial charge is 0.254 e. The summed E-state index contributed by atoms with van der Waals surface area (Å²) < 4.78 is 0. The first-order valence-electron chi connectivity index (χ1n) is 6.54. The van der Waals surface area contributed by atoms with E-state index in [4.69, 9.17) is 5.73 Å². The fourth-order valence-corrected chi connectivity index (χ4v) is 2.25. The number of nitrogen functional groups attached to an aromatic ring is 1. The van der Waals surface area contributed by atoms with Gasteiger partial charge in [0.15, 0.2) is 0 Å². The number of anilines is 1. The topological polar surface area (TPSA) is 75.4 Å². The lowest BCUT2D eigenvalue weighted by Gasteiger charge is -2.21. The molecule has 3 N–H and O–H groups in total. The third-order valence-electron chi connectivity index (χ3n) is 3.34. The van der Waals surface area contributed by atoms with Crippen molar-refractivity contribution in [1.82, 2.24) is 10.2 Å². The number of nitrogens with zero attached hydrogens (tertiary/aromatic N) is 1. The van der Waals surface area contributed by atoms with Crippen molar-refractivity contribution in [3.63, 3.8) is 0 Å². The molecular weight excluding hydrogens is 242 g/mol. The number of para-hydroxylation sites is 1. The van der Waals surface area contributed by atoms with Crippen molar-refractivity contribution >= 4 is 17.5 Å². The van der Waals surface area contributed by atoms with E-state index in [1.807, 2.05) is 0 Å². The first-order valence-corrected chi connectivity index (χ1v) is 6.54. The summed E-state index contributed by atoms with van der Waals surface area (Å²) in [5, 5.41) is 2.70. The highest BCUT2D eigenvalue weighted by atomic mass is 16.2. The van der Waals surface area contributed by atoms with Crippen LogP contribution in [0.4, 0.5) is 5.69 Å². The van der Waals surface area contributed by atoms with E-state index >= 15 is 0 Å². The summed E-state index contributed by atoms with van der Waals surface area (Å²) in [5.41, 5.74) is 6.56. The number of carbonyl (C=O) groups excluding carboxylic acids is 2. The Morgan fingerprint density at radius 3 is 2.53 bits per heavy atom. The lowest BCUT2D eigenvalue weighted by atomic mass is 10.1. The van der Waals surface area contributed by atoms with Crippen molar-refractivity contribution in [1.29, 1.82) is 0 Å². The summed E-state index contributed by atoms with van der Waals surface area (Å²) in [6.07, 6.45) is 2.08. The predicted molar refractivity (Wildman–Crippen MR) is 73.6 cm³/mol. The third-order valence-corrected chi connectivity index (χ3v) is 3.34. The molecule has 0 saturated carbocycles. The van der Waals surface area contributed by atoms with E-state index in [0.717, 1.165) is 25.9 Å². The molecule has 0 aliphatic carbocycles. The van der Waals surface area contributed by atoms with Crippen molar-refractivity contribution in [3.05, 3.63) is 29.8 Å². The molecule has 1 aromatic carbocycles. The van der Waals surface area contributed by atoms with E-state index in [1.54, 1.807) is 36.1 Å². The third kappa shape index (κ3) is 3.05. The van der Waals surface area contributed by atoms with Crippen LogP contribution in [0.3, 0.4) is 0 Å². The molecule has 5 nitrogen and oxygen atoms in total. The number of amides is 2. The van der Waals surface area contributed by atoms with E-state index in [2.05, 4.69) is 5.32 Å². The van der Waals surface area contributed by atoms with Gasteiger partial charge in [-0.15, -0.1) is 0 Å². The van der Waals surface area contributed by atoms with Crippen LogP contribution in [-0.2, 0) is 4.79 Å². The molecule has 1 unspecified atom stereocenters. The lowest BCUT2D eigenvalue weighted by Crippen LogP contribution is -2.46. The van der Waals surface area contributed by atoms with Gasteiger partial charge in [-0.1, -0.05) is 12.1 Å². The average Bonchev–Trinajstić information content (AvgIpc) is 2.92. The molecule has 1 aliphatic heterocycles. The van der Waals surface area contributed by atoms with Gasteiger partial charge in [-0.05, 0) is 31.9 Å². The molecule has 19 heavy (non-hydrogen) atoms. The Kier molecular flexibility index (Phi) is 4.04. The van der Waals surface area contributed by atoms with Crippen LogP contribution in [0.5, 0.6) is 0 Å². The fourth-order valence-electron chi connectivity index (χ4n) is 2.25. The van der Waals surface area contributed by atoms with E-state index in [-0.39, 0.29) is 11.8 Å². The summed E-state index contributed by atoms with van der Waals surface area (Å²) in [4.78, 5) is 25.9. The quantitative estimate of drug-likeness (QED) is 0.797. The number of nitrogens with two attached hydrogens (primary N) is 1. The Bertz CT molecular complexity index is 481. The minimum absolute atomic E-state index is 0.0275. The van der Waals surface area contributed by atoms with Gasteiger partial charge in [-0.25, -0.2) is 0 Å². The molecule has 0 bridgehead atoms. The zero-order valence-electron chi connectivity index (χ0n) is 11.1. The monoisotopic (exact) mass is 261 g/mol. The fraction of sp³-hybridized carbons (Fsp3) is 0.429. The Balaban J connectivity index is 1.98. The van der Waals surface area contributed by atoms with Crippen LogP contribution < -0.4 is 11.1 Å². The van der Waals surface area contributed by atoms with Crippen molar-refractivity contribution in [2.45, 2.75) is 25.8 Å². The first-order chi connectivity index (χ1) is 9.09. The molecule has 1 aliphatic rings. The second kappa shape index (κ2) is 5.73. The SMILES string of the molecule is CC(NC(=O)c1ccccc1N)C(=O)N1CCCC1. The van der Waals surface area contributed by atoms with E-state index in [1.165, 1.54) is 0 Å². The van der Waals surface area contributed by atoms with Crippen LogP contribution in [0.15, 0.2) is 24.3 Å². The van der Waals surface area contributed by atoms with Gasteiger partial charge in [0.05, 0.1) is 5.56 Å². The van der Waals surface area contributed by atoms with Crippen LogP contribution in [0.1, 0.15) is 30.1 Å². The van der Waals surface area contributed by atoms with Crippen LogP contribution in [-0.4, -0.2) is 35.8 Å². The first kappa shape index (κ1) is 13.4. The highest BCUT2D eigenvalue weighted by Crippen LogP contribution is 2.12. The molecule has 0 aromatic heterocycles. The van der Waals surface area contributed by atoms with Crippen molar-refractivity contribution in [2.24, 2.45) is 0 Å². The number of hydrogen-bond acceptors (Lipinski definition) is 3.